The van der Waals surface area contributed by atoms with Crippen LogP contribution in [0.4, 0.5) is 0 Å². The van der Waals surface area contributed by atoms with Gasteiger partial charge in [0.1, 0.15) is 0 Å². The van der Waals surface area contributed by atoms with E-state index in [2.05, 4.69) is 36.8 Å². The summed E-state index contributed by atoms with van der Waals surface area (Å²) < 4.78 is 0. The molecule has 0 bridgehead atoms. The Hall–Kier alpha value is -1.15. The zero-order valence-corrected chi connectivity index (χ0v) is 9.17. The van der Waals surface area contributed by atoms with E-state index >= 15 is 0 Å². The van der Waals surface area contributed by atoms with Crippen LogP contribution in [0.5, 0.6) is 0 Å². The monoisotopic (exact) mass is 190 g/mol. The summed E-state index contributed by atoms with van der Waals surface area (Å²) in [5, 5.41) is 3.25. The fourth-order valence-electron chi connectivity index (χ4n) is 1.62. The summed E-state index contributed by atoms with van der Waals surface area (Å²) in [6.45, 7) is 7.91. The van der Waals surface area contributed by atoms with Gasteiger partial charge in [-0.05, 0) is 38.4 Å². The largest absolute Gasteiger partial charge is 0.311 e. The van der Waals surface area contributed by atoms with Crippen LogP contribution in [0.1, 0.15) is 29.3 Å². The molecule has 0 amide bonds. The van der Waals surface area contributed by atoms with Crippen molar-refractivity contribution in [1.29, 1.82) is 0 Å². The second kappa shape index (κ2) is 4.91. The van der Waals surface area contributed by atoms with E-state index in [0.717, 1.165) is 12.1 Å². The molecule has 1 aromatic rings. The fraction of sp³-hybridized carbons (Fsp3) is 0.417. The number of aromatic nitrogens is 1. The molecule has 14 heavy (non-hydrogen) atoms. The lowest BCUT2D eigenvalue weighted by Crippen LogP contribution is -2.18. The van der Waals surface area contributed by atoms with Gasteiger partial charge >= 0.3 is 0 Å². The van der Waals surface area contributed by atoms with Gasteiger partial charge in [-0.2, -0.15) is 0 Å². The predicted molar refractivity (Wildman–Crippen MR) is 60.3 cm³/mol. The molecule has 2 heteroatoms. The van der Waals surface area contributed by atoms with Crippen molar-refractivity contribution in [3.05, 3.63) is 41.7 Å². The summed E-state index contributed by atoms with van der Waals surface area (Å²) in [4.78, 5) is 4.46. The van der Waals surface area contributed by atoms with Gasteiger partial charge in [0.05, 0.1) is 11.7 Å². The topological polar surface area (TPSA) is 24.9 Å². The summed E-state index contributed by atoms with van der Waals surface area (Å²) in [6.07, 6.45) is 4.74. The fourth-order valence-corrected chi connectivity index (χ4v) is 1.62. The van der Waals surface area contributed by atoms with E-state index in [0.29, 0.717) is 0 Å². The number of nitrogens with zero attached hydrogens (tertiary/aromatic N) is 1. The third kappa shape index (κ3) is 2.42. The van der Waals surface area contributed by atoms with Crippen molar-refractivity contribution >= 4 is 0 Å². The number of hydrogen-bond donors (Lipinski definition) is 1. The Labute approximate surface area is 86.1 Å². The molecule has 1 rings (SSSR count). The lowest BCUT2D eigenvalue weighted by molar-refractivity contribution is 0.583. The summed E-state index contributed by atoms with van der Waals surface area (Å²) >= 11 is 0. The van der Waals surface area contributed by atoms with Crippen molar-refractivity contribution in [1.82, 2.24) is 10.3 Å². The molecule has 0 radical (unpaired) electrons. The number of hydrogen-bond acceptors (Lipinski definition) is 2. The van der Waals surface area contributed by atoms with E-state index in [1.807, 2.05) is 19.3 Å². The third-order valence-corrected chi connectivity index (χ3v) is 2.34. The molecule has 0 fully saturated rings. The van der Waals surface area contributed by atoms with Crippen molar-refractivity contribution in [2.24, 2.45) is 0 Å². The van der Waals surface area contributed by atoms with Gasteiger partial charge in [0.2, 0.25) is 0 Å². The first kappa shape index (κ1) is 10.9. The van der Waals surface area contributed by atoms with Gasteiger partial charge in [-0.1, -0.05) is 12.1 Å². The normalized spacial score (nSPS) is 12.5. The van der Waals surface area contributed by atoms with Gasteiger partial charge in [0.15, 0.2) is 0 Å². The van der Waals surface area contributed by atoms with Gasteiger partial charge < -0.3 is 5.32 Å². The van der Waals surface area contributed by atoms with Crippen LogP contribution in [0.25, 0.3) is 0 Å². The Morgan fingerprint density at radius 3 is 2.79 bits per heavy atom. The standard InChI is InChI=1S/C12H18N2/c1-5-6-11(13-4)12-10(3)7-9(2)8-14-12/h5,7-8,11,13H,1,6H2,2-4H3. The summed E-state index contributed by atoms with van der Waals surface area (Å²) in [7, 11) is 1.95. The highest BCUT2D eigenvalue weighted by Gasteiger charge is 2.11. The molecule has 1 N–H and O–H groups in total. The second-order valence-corrected chi connectivity index (χ2v) is 3.58. The second-order valence-electron chi connectivity index (χ2n) is 3.58. The van der Waals surface area contributed by atoms with E-state index in [1.165, 1.54) is 11.1 Å². The first-order valence-corrected chi connectivity index (χ1v) is 4.90. The average molecular weight is 190 g/mol. The van der Waals surface area contributed by atoms with Crippen LogP contribution in [-0.4, -0.2) is 12.0 Å². The third-order valence-electron chi connectivity index (χ3n) is 2.34. The van der Waals surface area contributed by atoms with Gasteiger partial charge in [-0.3, -0.25) is 4.98 Å². The molecule has 76 valence electrons. The van der Waals surface area contributed by atoms with Crippen LogP contribution < -0.4 is 5.32 Å². The molecular formula is C12H18N2. The quantitative estimate of drug-likeness (QED) is 0.738. The molecular weight excluding hydrogens is 172 g/mol. The molecule has 0 aliphatic rings. The number of aryl methyl sites for hydroxylation is 2. The van der Waals surface area contributed by atoms with Gasteiger partial charge in [-0.25, -0.2) is 0 Å². The molecule has 1 unspecified atom stereocenters. The van der Waals surface area contributed by atoms with Gasteiger partial charge in [-0.15, -0.1) is 6.58 Å². The van der Waals surface area contributed by atoms with Crippen LogP contribution in [0.3, 0.4) is 0 Å². The lowest BCUT2D eigenvalue weighted by Gasteiger charge is -2.16. The summed E-state index contributed by atoms with van der Waals surface area (Å²) in [5.74, 6) is 0. The minimum Gasteiger partial charge on any atom is -0.311 e. The maximum Gasteiger partial charge on any atom is 0.0605 e. The molecule has 2 nitrogen and oxygen atoms in total. The number of nitrogens with one attached hydrogen (secondary N) is 1. The van der Waals surface area contributed by atoms with Crippen LogP contribution >= 0.6 is 0 Å². The maximum absolute atomic E-state index is 4.46. The molecule has 0 aliphatic carbocycles. The van der Waals surface area contributed by atoms with Crippen molar-refractivity contribution in [2.45, 2.75) is 26.3 Å². The van der Waals surface area contributed by atoms with Gasteiger partial charge in [0, 0.05) is 6.20 Å². The Kier molecular flexibility index (Phi) is 3.84. The molecule has 0 saturated heterocycles. The Morgan fingerprint density at radius 2 is 2.29 bits per heavy atom. The first-order chi connectivity index (χ1) is 6.69. The van der Waals surface area contributed by atoms with Gasteiger partial charge in [0.25, 0.3) is 0 Å². The maximum atomic E-state index is 4.46. The smallest absolute Gasteiger partial charge is 0.0605 e. The zero-order chi connectivity index (χ0) is 10.6. The van der Waals surface area contributed by atoms with Crippen LogP contribution in [0.15, 0.2) is 24.9 Å². The molecule has 1 heterocycles. The Morgan fingerprint density at radius 1 is 1.57 bits per heavy atom. The number of pyridine rings is 1. The molecule has 0 aliphatic heterocycles. The Bertz CT molecular complexity index is 318. The highest BCUT2D eigenvalue weighted by atomic mass is 14.9. The predicted octanol–water partition coefficient (Wildman–Crippen LogP) is 2.54. The van der Waals surface area contributed by atoms with E-state index < -0.39 is 0 Å². The minimum absolute atomic E-state index is 0.285. The minimum atomic E-state index is 0.285. The van der Waals surface area contributed by atoms with Crippen molar-refractivity contribution in [3.63, 3.8) is 0 Å². The van der Waals surface area contributed by atoms with Crippen LogP contribution in [0.2, 0.25) is 0 Å². The van der Waals surface area contributed by atoms with Crippen LogP contribution in [0, 0.1) is 13.8 Å². The highest BCUT2D eigenvalue weighted by molar-refractivity contribution is 5.25. The average Bonchev–Trinajstić information content (AvgIpc) is 2.15. The summed E-state index contributed by atoms with van der Waals surface area (Å²) in [6, 6.07) is 2.45. The number of rotatable bonds is 4. The molecule has 1 aromatic heterocycles. The SMILES string of the molecule is C=CCC(NC)c1ncc(C)cc1C. The molecule has 1 atom stereocenters. The zero-order valence-electron chi connectivity index (χ0n) is 9.17. The van der Waals surface area contributed by atoms with Crippen molar-refractivity contribution in [2.75, 3.05) is 7.05 Å². The molecule has 0 aromatic carbocycles. The van der Waals surface area contributed by atoms with E-state index in [1.54, 1.807) is 0 Å². The first-order valence-electron chi connectivity index (χ1n) is 4.90. The van der Waals surface area contributed by atoms with Crippen molar-refractivity contribution in [3.8, 4) is 0 Å². The van der Waals surface area contributed by atoms with Crippen molar-refractivity contribution < 1.29 is 0 Å². The van der Waals surface area contributed by atoms with Crippen LogP contribution in [-0.2, 0) is 0 Å². The van der Waals surface area contributed by atoms with E-state index in [4.69, 9.17) is 0 Å². The van der Waals surface area contributed by atoms with E-state index in [9.17, 15) is 0 Å². The Balaban J connectivity index is 2.97. The lowest BCUT2D eigenvalue weighted by atomic mass is 10.0. The van der Waals surface area contributed by atoms with E-state index in [-0.39, 0.29) is 6.04 Å². The summed E-state index contributed by atoms with van der Waals surface area (Å²) in [5.41, 5.74) is 3.57. The molecule has 0 saturated carbocycles. The highest BCUT2D eigenvalue weighted by Crippen LogP contribution is 2.18. The molecule has 0 spiro atoms.